The average Bonchev–Trinajstić information content (AvgIpc) is 3.60. The van der Waals surface area contributed by atoms with E-state index in [1.165, 1.54) is 0 Å². The maximum Gasteiger partial charge on any atom is 0.251 e. The molecule has 4 rings (SSSR count). The molecule has 1 aliphatic carbocycles. The molecule has 2 fully saturated rings. The first-order valence-electron chi connectivity index (χ1n) is 10.5. The average molecular weight is 392 g/mol. The molecule has 0 aromatic heterocycles. The minimum atomic E-state index is -0.0974. The molecule has 0 radical (unpaired) electrons. The van der Waals surface area contributed by atoms with E-state index >= 15 is 0 Å². The topological polar surface area (TPSA) is 58.6 Å². The molecule has 2 aliphatic rings. The Morgan fingerprint density at radius 2 is 1.62 bits per heavy atom. The minimum absolute atomic E-state index is 0.0526. The first-order valence-corrected chi connectivity index (χ1v) is 10.5. The molecule has 2 aromatic rings. The first-order chi connectivity index (χ1) is 14.1. The molecule has 1 N–H and O–H groups in total. The number of hydrogen-bond donors (Lipinski definition) is 1. The molecule has 2 aromatic carbocycles. The van der Waals surface area contributed by atoms with E-state index in [2.05, 4.69) is 5.32 Å². The first kappa shape index (κ1) is 19.5. The van der Waals surface area contributed by atoms with E-state index < -0.39 is 0 Å². The van der Waals surface area contributed by atoms with Gasteiger partial charge in [0, 0.05) is 37.4 Å². The zero-order valence-electron chi connectivity index (χ0n) is 16.8. The highest BCUT2D eigenvalue weighted by Gasteiger charge is 2.35. The molecule has 0 unspecified atom stereocenters. The van der Waals surface area contributed by atoms with E-state index in [1.807, 2.05) is 54.3 Å². The van der Waals surface area contributed by atoms with Crippen molar-refractivity contribution in [3.05, 3.63) is 65.7 Å². The van der Waals surface area contributed by atoms with Crippen molar-refractivity contribution in [1.29, 1.82) is 0 Å². The van der Waals surface area contributed by atoms with Gasteiger partial charge in [-0.05, 0) is 49.6 Å². The van der Waals surface area contributed by atoms with Gasteiger partial charge >= 0.3 is 0 Å². The summed E-state index contributed by atoms with van der Waals surface area (Å²) in [7, 11) is 0. The van der Waals surface area contributed by atoms with Crippen LogP contribution in [0.3, 0.4) is 0 Å². The highest BCUT2D eigenvalue weighted by molar-refractivity contribution is 5.94. The molecule has 152 valence electrons. The SMILES string of the molecule is C[C@@H](NC(=O)c1ccc(OC2CCN(C(=O)C3CC3)CC2)cc1)c1ccccc1. The van der Waals surface area contributed by atoms with Gasteiger partial charge in [0.1, 0.15) is 11.9 Å². The van der Waals surface area contributed by atoms with E-state index in [0.717, 1.165) is 50.1 Å². The van der Waals surface area contributed by atoms with Crippen LogP contribution in [0, 0.1) is 5.92 Å². The standard InChI is InChI=1S/C24H28N2O3/c1-17(18-5-3-2-4-6-18)25-23(27)19-9-11-21(12-10-19)29-22-13-15-26(16-14-22)24(28)20-7-8-20/h2-6,9-12,17,20,22H,7-8,13-16H2,1H3,(H,25,27)/t17-/m1/s1. The summed E-state index contributed by atoms with van der Waals surface area (Å²) in [6.45, 7) is 3.53. The second-order valence-corrected chi connectivity index (χ2v) is 8.05. The van der Waals surface area contributed by atoms with Crippen molar-refractivity contribution >= 4 is 11.8 Å². The van der Waals surface area contributed by atoms with Gasteiger partial charge < -0.3 is 15.0 Å². The molecule has 1 aliphatic heterocycles. The van der Waals surface area contributed by atoms with Crippen LogP contribution >= 0.6 is 0 Å². The van der Waals surface area contributed by atoms with E-state index in [-0.39, 0.29) is 24.0 Å². The molecule has 5 heteroatoms. The zero-order chi connectivity index (χ0) is 20.2. The fourth-order valence-corrected chi connectivity index (χ4v) is 3.76. The second-order valence-electron chi connectivity index (χ2n) is 8.05. The molecular weight excluding hydrogens is 364 g/mol. The van der Waals surface area contributed by atoms with Gasteiger partial charge in [-0.15, -0.1) is 0 Å². The summed E-state index contributed by atoms with van der Waals surface area (Å²) >= 11 is 0. The van der Waals surface area contributed by atoms with Gasteiger partial charge in [-0.3, -0.25) is 9.59 Å². The number of carbonyl (C=O) groups excluding carboxylic acids is 2. The van der Waals surface area contributed by atoms with Gasteiger partial charge in [0.05, 0.1) is 6.04 Å². The van der Waals surface area contributed by atoms with Crippen LogP contribution in [0.5, 0.6) is 5.75 Å². The van der Waals surface area contributed by atoms with Gasteiger partial charge in [0.2, 0.25) is 5.91 Å². The Morgan fingerprint density at radius 3 is 2.24 bits per heavy atom. The summed E-state index contributed by atoms with van der Waals surface area (Å²) in [5.41, 5.74) is 1.69. The lowest BCUT2D eigenvalue weighted by atomic mass is 10.1. The number of likely N-dealkylation sites (tertiary alicyclic amines) is 1. The third-order valence-corrected chi connectivity index (χ3v) is 5.75. The van der Waals surface area contributed by atoms with Crippen LogP contribution in [-0.2, 0) is 4.79 Å². The number of carbonyl (C=O) groups is 2. The maximum absolute atomic E-state index is 12.5. The fraction of sp³-hybridized carbons (Fsp3) is 0.417. The zero-order valence-corrected chi connectivity index (χ0v) is 16.8. The Labute approximate surface area is 172 Å². The summed E-state index contributed by atoms with van der Waals surface area (Å²) in [4.78, 5) is 26.6. The highest BCUT2D eigenvalue weighted by Crippen LogP contribution is 2.32. The van der Waals surface area contributed by atoms with E-state index in [1.54, 1.807) is 12.1 Å². The number of ether oxygens (including phenoxy) is 1. The summed E-state index contributed by atoms with van der Waals surface area (Å²) in [5, 5.41) is 3.03. The third-order valence-electron chi connectivity index (χ3n) is 5.75. The predicted molar refractivity (Wildman–Crippen MR) is 112 cm³/mol. The molecule has 1 heterocycles. The van der Waals surface area contributed by atoms with Crippen LogP contribution in [0.25, 0.3) is 0 Å². The summed E-state index contributed by atoms with van der Waals surface area (Å²) in [5.74, 6) is 1.28. The van der Waals surface area contributed by atoms with Crippen molar-refractivity contribution in [1.82, 2.24) is 10.2 Å². The number of hydrogen-bond acceptors (Lipinski definition) is 3. The summed E-state index contributed by atoms with van der Waals surface area (Å²) in [6, 6.07) is 17.2. The Balaban J connectivity index is 1.27. The van der Waals surface area contributed by atoms with Crippen molar-refractivity contribution in [2.24, 2.45) is 5.92 Å². The molecular formula is C24H28N2O3. The van der Waals surface area contributed by atoms with Crippen molar-refractivity contribution in [2.75, 3.05) is 13.1 Å². The predicted octanol–water partition coefficient (Wildman–Crippen LogP) is 3.96. The van der Waals surface area contributed by atoms with Gasteiger partial charge in [-0.2, -0.15) is 0 Å². The molecule has 1 saturated carbocycles. The largest absolute Gasteiger partial charge is 0.490 e. The van der Waals surface area contributed by atoms with E-state index in [9.17, 15) is 9.59 Å². The second kappa shape index (κ2) is 8.68. The molecule has 0 spiro atoms. The van der Waals surface area contributed by atoms with Crippen molar-refractivity contribution < 1.29 is 14.3 Å². The summed E-state index contributed by atoms with van der Waals surface area (Å²) < 4.78 is 6.07. The lowest BCUT2D eigenvalue weighted by Gasteiger charge is -2.32. The number of piperidine rings is 1. The van der Waals surface area contributed by atoms with Crippen LogP contribution in [-0.4, -0.2) is 35.9 Å². The number of amides is 2. The Bertz CT molecular complexity index is 838. The fourth-order valence-electron chi connectivity index (χ4n) is 3.76. The normalized spacial score (nSPS) is 18.2. The van der Waals surface area contributed by atoms with Gasteiger partial charge in [-0.25, -0.2) is 0 Å². The lowest BCUT2D eigenvalue weighted by molar-refractivity contribution is -0.134. The van der Waals surface area contributed by atoms with Crippen molar-refractivity contribution in [3.8, 4) is 5.75 Å². The molecule has 29 heavy (non-hydrogen) atoms. The molecule has 2 amide bonds. The quantitative estimate of drug-likeness (QED) is 0.810. The number of nitrogens with zero attached hydrogens (tertiary/aromatic N) is 1. The maximum atomic E-state index is 12.5. The van der Waals surface area contributed by atoms with Crippen LogP contribution in [0.15, 0.2) is 54.6 Å². The van der Waals surface area contributed by atoms with Crippen LogP contribution in [0.1, 0.15) is 54.6 Å². The molecule has 1 saturated heterocycles. The number of nitrogens with one attached hydrogen (secondary N) is 1. The summed E-state index contributed by atoms with van der Waals surface area (Å²) in [6.07, 6.45) is 3.94. The Morgan fingerprint density at radius 1 is 0.966 bits per heavy atom. The number of benzene rings is 2. The van der Waals surface area contributed by atoms with Crippen LogP contribution in [0.2, 0.25) is 0 Å². The smallest absolute Gasteiger partial charge is 0.251 e. The van der Waals surface area contributed by atoms with E-state index in [4.69, 9.17) is 4.74 Å². The van der Waals surface area contributed by atoms with Crippen molar-refractivity contribution in [2.45, 2.75) is 44.8 Å². The molecule has 0 bridgehead atoms. The van der Waals surface area contributed by atoms with Gasteiger partial charge in [0.25, 0.3) is 5.91 Å². The van der Waals surface area contributed by atoms with Gasteiger partial charge in [0.15, 0.2) is 0 Å². The van der Waals surface area contributed by atoms with Crippen LogP contribution in [0.4, 0.5) is 0 Å². The third kappa shape index (κ3) is 4.97. The van der Waals surface area contributed by atoms with Gasteiger partial charge in [-0.1, -0.05) is 30.3 Å². The molecule has 5 nitrogen and oxygen atoms in total. The molecule has 1 atom stereocenters. The minimum Gasteiger partial charge on any atom is -0.490 e. The van der Waals surface area contributed by atoms with Crippen LogP contribution < -0.4 is 10.1 Å². The van der Waals surface area contributed by atoms with E-state index in [0.29, 0.717) is 11.5 Å². The Hall–Kier alpha value is -2.82. The number of rotatable bonds is 6. The van der Waals surface area contributed by atoms with Crippen molar-refractivity contribution in [3.63, 3.8) is 0 Å². The Kier molecular flexibility index (Phi) is 5.84. The lowest BCUT2D eigenvalue weighted by Crippen LogP contribution is -2.42. The highest BCUT2D eigenvalue weighted by atomic mass is 16.5. The monoisotopic (exact) mass is 392 g/mol.